The maximum atomic E-state index is 12.8. The molecule has 8 heteroatoms. The van der Waals surface area contributed by atoms with Gasteiger partial charge in [0.1, 0.15) is 0 Å². The van der Waals surface area contributed by atoms with Gasteiger partial charge in [0.15, 0.2) is 11.5 Å². The van der Waals surface area contributed by atoms with Crippen LogP contribution in [0.1, 0.15) is 39.2 Å². The number of hydrogen-bond donors (Lipinski definition) is 1. The predicted molar refractivity (Wildman–Crippen MR) is 112 cm³/mol. The van der Waals surface area contributed by atoms with Crippen molar-refractivity contribution in [2.24, 2.45) is 0 Å². The molecule has 1 aliphatic rings. The summed E-state index contributed by atoms with van der Waals surface area (Å²) < 4.78 is 16.1. The summed E-state index contributed by atoms with van der Waals surface area (Å²) in [6.45, 7) is 7.73. The Kier molecular flexibility index (Phi) is 7.73. The van der Waals surface area contributed by atoms with Gasteiger partial charge in [0.25, 0.3) is 0 Å². The van der Waals surface area contributed by atoms with Gasteiger partial charge in [-0.05, 0) is 61.3 Å². The van der Waals surface area contributed by atoms with Crippen molar-refractivity contribution < 1.29 is 28.9 Å². The van der Waals surface area contributed by atoms with E-state index in [0.29, 0.717) is 21.2 Å². The number of phenols is 1. The van der Waals surface area contributed by atoms with Crippen molar-refractivity contribution in [3.63, 3.8) is 0 Å². The fourth-order valence-electron chi connectivity index (χ4n) is 3.02. The summed E-state index contributed by atoms with van der Waals surface area (Å²) in [5.74, 6) is -1.65. The minimum atomic E-state index is -0.742. The number of aromatic hydroxyl groups is 1. The molecule has 0 fully saturated rings. The van der Waals surface area contributed by atoms with Gasteiger partial charge < -0.3 is 24.2 Å². The van der Waals surface area contributed by atoms with Crippen LogP contribution in [0.5, 0.6) is 11.5 Å². The molecule has 0 amide bonds. The first-order valence-electron chi connectivity index (χ1n) is 9.36. The first-order valence-corrected chi connectivity index (χ1v) is 10.2. The van der Waals surface area contributed by atoms with Crippen LogP contribution in [0, 0.1) is 0 Å². The van der Waals surface area contributed by atoms with Crippen LogP contribution in [0.4, 0.5) is 0 Å². The summed E-state index contributed by atoms with van der Waals surface area (Å²) in [6.07, 6.45) is 3.37. The third-order valence-corrected chi connectivity index (χ3v) is 5.03. The van der Waals surface area contributed by atoms with Crippen LogP contribution in [-0.4, -0.2) is 48.3 Å². The Hall–Kier alpha value is -2.48. The van der Waals surface area contributed by atoms with Crippen molar-refractivity contribution in [2.45, 2.75) is 39.7 Å². The first kappa shape index (κ1) is 22.8. The Morgan fingerprint density at radius 1 is 1.10 bits per heavy atom. The second-order valence-corrected chi connectivity index (χ2v) is 7.49. The molecule has 1 aromatic carbocycles. The molecule has 1 heterocycles. The lowest BCUT2D eigenvalue weighted by Crippen LogP contribution is -2.32. The summed E-state index contributed by atoms with van der Waals surface area (Å²) in [5.41, 5.74) is 1.17. The van der Waals surface area contributed by atoms with E-state index in [0.717, 1.165) is 0 Å². The lowest BCUT2D eigenvalue weighted by molar-refractivity contribution is -0.139. The molecular weight excluding hydrogens is 442 g/mol. The van der Waals surface area contributed by atoms with Crippen molar-refractivity contribution in [1.29, 1.82) is 0 Å². The van der Waals surface area contributed by atoms with Gasteiger partial charge in [0, 0.05) is 18.4 Å². The van der Waals surface area contributed by atoms with E-state index in [9.17, 15) is 14.7 Å². The topological polar surface area (TPSA) is 85.3 Å². The molecule has 0 saturated carbocycles. The molecule has 0 atom stereocenters. The molecule has 1 aliphatic heterocycles. The van der Waals surface area contributed by atoms with Gasteiger partial charge in [-0.25, -0.2) is 9.59 Å². The highest BCUT2D eigenvalue weighted by Gasteiger charge is 2.36. The Morgan fingerprint density at radius 3 is 2.03 bits per heavy atom. The van der Waals surface area contributed by atoms with Gasteiger partial charge in [-0.3, -0.25) is 0 Å². The molecule has 0 unspecified atom stereocenters. The highest BCUT2D eigenvalue weighted by molar-refractivity contribution is 9.10. The third kappa shape index (κ3) is 4.93. The van der Waals surface area contributed by atoms with Gasteiger partial charge in [-0.15, -0.1) is 0 Å². The van der Waals surface area contributed by atoms with E-state index in [2.05, 4.69) is 15.9 Å². The van der Waals surface area contributed by atoms with Crippen molar-refractivity contribution in [3.8, 4) is 11.5 Å². The zero-order valence-electron chi connectivity index (χ0n) is 17.2. The summed E-state index contributed by atoms with van der Waals surface area (Å²) in [4.78, 5) is 27.4. The highest BCUT2D eigenvalue weighted by atomic mass is 79.9. The molecule has 29 heavy (non-hydrogen) atoms. The molecule has 0 aromatic heterocycles. The third-order valence-electron chi connectivity index (χ3n) is 4.42. The van der Waals surface area contributed by atoms with E-state index in [-0.39, 0.29) is 30.8 Å². The highest BCUT2D eigenvalue weighted by Crippen LogP contribution is 2.43. The zero-order chi connectivity index (χ0) is 21.7. The molecular formula is C21H26BrNO6. The molecule has 0 bridgehead atoms. The largest absolute Gasteiger partial charge is 0.503 e. The Morgan fingerprint density at radius 2 is 1.62 bits per heavy atom. The molecule has 2 rings (SSSR count). The molecule has 0 aliphatic carbocycles. The quantitative estimate of drug-likeness (QED) is 0.609. The molecule has 7 nitrogen and oxygen atoms in total. The van der Waals surface area contributed by atoms with E-state index in [1.54, 1.807) is 43.3 Å². The lowest BCUT2D eigenvalue weighted by atomic mass is 9.83. The van der Waals surface area contributed by atoms with E-state index >= 15 is 0 Å². The van der Waals surface area contributed by atoms with Crippen LogP contribution in [-0.2, 0) is 19.1 Å². The number of rotatable bonds is 7. The molecule has 0 saturated heterocycles. The number of nitrogens with zero attached hydrogens (tertiary/aromatic N) is 1. The van der Waals surface area contributed by atoms with E-state index < -0.39 is 17.9 Å². The zero-order valence-corrected chi connectivity index (χ0v) is 18.8. The van der Waals surface area contributed by atoms with Crippen molar-refractivity contribution >= 4 is 27.9 Å². The van der Waals surface area contributed by atoms with Gasteiger partial charge in [0.2, 0.25) is 0 Å². The summed E-state index contributed by atoms with van der Waals surface area (Å²) >= 11 is 3.30. The number of phenolic OH excluding ortho intramolecular Hbond substituents is 1. The van der Waals surface area contributed by atoms with Crippen LogP contribution in [0.25, 0.3) is 0 Å². The predicted octanol–water partition coefficient (Wildman–Crippen LogP) is 3.86. The van der Waals surface area contributed by atoms with Gasteiger partial charge in [0.05, 0.1) is 41.9 Å². The monoisotopic (exact) mass is 467 g/mol. The number of esters is 2. The maximum absolute atomic E-state index is 12.8. The maximum Gasteiger partial charge on any atom is 0.336 e. The minimum absolute atomic E-state index is 0.00546. The molecule has 0 radical (unpaired) electrons. The van der Waals surface area contributed by atoms with Crippen LogP contribution in [0.2, 0.25) is 0 Å². The number of ether oxygens (including phenoxy) is 3. The SMILES string of the molecule is CCOC(=O)C1=CN(C(C)C)C=C(C(=O)OCC)C1c1cc(Br)c(O)c(OC)c1. The summed E-state index contributed by atoms with van der Waals surface area (Å²) in [5, 5.41) is 10.2. The Balaban J connectivity index is 2.71. The summed E-state index contributed by atoms with van der Waals surface area (Å²) in [6, 6.07) is 3.25. The van der Waals surface area contributed by atoms with Gasteiger partial charge >= 0.3 is 11.9 Å². The molecule has 1 aromatic rings. The fourth-order valence-corrected chi connectivity index (χ4v) is 3.48. The average Bonchev–Trinajstić information content (AvgIpc) is 2.69. The fraction of sp³-hybridized carbons (Fsp3) is 0.429. The normalized spacial score (nSPS) is 14.4. The minimum Gasteiger partial charge on any atom is -0.503 e. The second kappa shape index (κ2) is 9.82. The van der Waals surface area contributed by atoms with Crippen molar-refractivity contribution in [3.05, 3.63) is 45.7 Å². The summed E-state index contributed by atoms with van der Waals surface area (Å²) in [7, 11) is 1.43. The van der Waals surface area contributed by atoms with E-state index in [1.165, 1.54) is 7.11 Å². The first-order chi connectivity index (χ1) is 13.7. The van der Waals surface area contributed by atoms with Gasteiger partial charge in [-0.1, -0.05) is 0 Å². The molecule has 0 spiro atoms. The number of methoxy groups -OCH3 is 1. The van der Waals surface area contributed by atoms with Crippen LogP contribution in [0.15, 0.2) is 40.2 Å². The molecule has 1 N–H and O–H groups in total. The number of benzene rings is 1. The van der Waals surface area contributed by atoms with Crippen LogP contribution < -0.4 is 4.74 Å². The Bertz CT molecular complexity index is 810. The number of carbonyl (C=O) groups excluding carboxylic acids is 2. The second-order valence-electron chi connectivity index (χ2n) is 6.64. The van der Waals surface area contributed by atoms with Crippen LogP contribution >= 0.6 is 15.9 Å². The number of halogens is 1. The lowest BCUT2D eigenvalue weighted by Gasteiger charge is -2.32. The number of carbonyl (C=O) groups is 2. The number of hydrogen-bond acceptors (Lipinski definition) is 7. The van der Waals surface area contributed by atoms with Gasteiger partial charge in [-0.2, -0.15) is 0 Å². The van der Waals surface area contributed by atoms with E-state index in [1.807, 2.05) is 13.8 Å². The standard InChI is InChI=1S/C21H26BrNO6/c1-6-28-20(25)14-10-23(12(3)4)11-15(21(26)29-7-2)18(14)13-8-16(22)19(24)17(9-13)27-5/h8-12,18,24H,6-7H2,1-5H3. The van der Waals surface area contributed by atoms with Crippen LogP contribution in [0.3, 0.4) is 0 Å². The van der Waals surface area contributed by atoms with Crippen molar-refractivity contribution in [2.75, 3.05) is 20.3 Å². The van der Waals surface area contributed by atoms with E-state index in [4.69, 9.17) is 14.2 Å². The van der Waals surface area contributed by atoms with Crippen molar-refractivity contribution in [1.82, 2.24) is 4.90 Å². The molecule has 158 valence electrons. The Labute approximate surface area is 179 Å². The smallest absolute Gasteiger partial charge is 0.336 e. The average molecular weight is 468 g/mol.